The van der Waals surface area contributed by atoms with Crippen LogP contribution in [0.1, 0.15) is 20.9 Å². The van der Waals surface area contributed by atoms with E-state index in [2.05, 4.69) is 4.98 Å². The summed E-state index contributed by atoms with van der Waals surface area (Å²) in [6.07, 6.45) is 4.84. The van der Waals surface area contributed by atoms with Gasteiger partial charge < -0.3 is 23.9 Å². The first kappa shape index (κ1) is 21.8. The van der Waals surface area contributed by atoms with E-state index in [4.69, 9.17) is 14.3 Å². The Bertz CT molecular complexity index is 1060. The number of aryl methyl sites for hydroxylation is 1. The highest BCUT2D eigenvalue weighted by Crippen LogP contribution is 2.21. The van der Waals surface area contributed by atoms with Crippen molar-refractivity contribution in [3.05, 3.63) is 66.1 Å². The number of carbonyl (C=O) groups excluding carboxylic acids is 2. The van der Waals surface area contributed by atoms with Crippen molar-refractivity contribution in [1.82, 2.24) is 19.4 Å². The number of piperazine rings is 1. The van der Waals surface area contributed by atoms with Crippen molar-refractivity contribution in [3.8, 4) is 11.4 Å². The molecule has 31 heavy (non-hydrogen) atoms. The van der Waals surface area contributed by atoms with Gasteiger partial charge in [-0.1, -0.05) is 0 Å². The standard InChI is InChI=1S/C20H19FN4O3.CH2O2/c1-23-5-4-22-18(23)14-11-15(13-16(21)12-14)19(26)24-6-8-25(9-7-24)20(27)17-3-2-10-28-17;2-1-3/h2-5,10-13H,6-9H2,1H3;1H,(H,2,3). The molecule has 2 amide bonds. The van der Waals surface area contributed by atoms with Crippen LogP contribution in [0.15, 0.2) is 53.4 Å². The Kier molecular flexibility index (Phi) is 6.81. The number of carboxylic acid groups (broad SMARTS) is 1. The van der Waals surface area contributed by atoms with Crippen LogP contribution in [0.2, 0.25) is 0 Å². The summed E-state index contributed by atoms with van der Waals surface area (Å²) in [6, 6.07) is 7.52. The summed E-state index contributed by atoms with van der Waals surface area (Å²) in [6.45, 7) is 1.29. The Labute approximate surface area is 177 Å². The van der Waals surface area contributed by atoms with Crippen molar-refractivity contribution >= 4 is 18.3 Å². The van der Waals surface area contributed by atoms with Gasteiger partial charge in [-0.05, 0) is 30.3 Å². The highest BCUT2D eigenvalue weighted by molar-refractivity contribution is 5.96. The third-order valence-corrected chi connectivity index (χ3v) is 4.81. The van der Waals surface area contributed by atoms with E-state index in [9.17, 15) is 14.0 Å². The SMILES string of the molecule is Cn1ccnc1-c1cc(F)cc(C(=O)N2CCN(C(=O)c3ccco3)CC2)c1.O=CO. The van der Waals surface area contributed by atoms with E-state index in [0.717, 1.165) is 0 Å². The predicted molar refractivity (Wildman–Crippen MR) is 108 cm³/mol. The van der Waals surface area contributed by atoms with Crippen LogP contribution >= 0.6 is 0 Å². The summed E-state index contributed by atoms with van der Waals surface area (Å²) in [7, 11) is 1.81. The lowest BCUT2D eigenvalue weighted by Crippen LogP contribution is -2.50. The van der Waals surface area contributed by atoms with Crippen LogP contribution in [0.3, 0.4) is 0 Å². The first-order valence-electron chi connectivity index (χ1n) is 9.42. The molecule has 0 unspecified atom stereocenters. The molecule has 1 aliphatic rings. The van der Waals surface area contributed by atoms with Gasteiger partial charge in [0.05, 0.1) is 6.26 Å². The zero-order chi connectivity index (χ0) is 22.4. The quantitative estimate of drug-likeness (QED) is 0.640. The van der Waals surface area contributed by atoms with Crippen LogP contribution in [0.5, 0.6) is 0 Å². The summed E-state index contributed by atoms with van der Waals surface area (Å²) in [5.41, 5.74) is 0.811. The van der Waals surface area contributed by atoms with E-state index in [0.29, 0.717) is 37.6 Å². The molecule has 4 rings (SSSR count). The lowest BCUT2D eigenvalue weighted by atomic mass is 10.1. The van der Waals surface area contributed by atoms with Gasteiger partial charge in [-0.2, -0.15) is 0 Å². The van der Waals surface area contributed by atoms with Gasteiger partial charge >= 0.3 is 0 Å². The van der Waals surface area contributed by atoms with E-state index < -0.39 is 5.82 Å². The molecule has 0 spiro atoms. The maximum absolute atomic E-state index is 14.1. The molecule has 1 saturated heterocycles. The number of hydrogen-bond acceptors (Lipinski definition) is 5. The van der Waals surface area contributed by atoms with Crippen LogP contribution < -0.4 is 0 Å². The smallest absolute Gasteiger partial charge is 0.290 e. The van der Waals surface area contributed by atoms with Gasteiger partial charge in [-0.15, -0.1) is 0 Å². The molecule has 2 aromatic heterocycles. The van der Waals surface area contributed by atoms with E-state index in [1.54, 1.807) is 45.0 Å². The molecule has 0 radical (unpaired) electrons. The topological polar surface area (TPSA) is 109 Å². The molecule has 1 fully saturated rings. The molecule has 10 heteroatoms. The average molecular weight is 428 g/mol. The highest BCUT2D eigenvalue weighted by atomic mass is 19.1. The fraction of sp³-hybridized carbons (Fsp3) is 0.238. The Hall–Kier alpha value is -3.95. The van der Waals surface area contributed by atoms with Gasteiger partial charge in [0.25, 0.3) is 18.3 Å². The van der Waals surface area contributed by atoms with Crippen molar-refractivity contribution in [3.63, 3.8) is 0 Å². The molecular weight excluding hydrogens is 407 g/mol. The second-order valence-corrected chi connectivity index (χ2v) is 6.76. The van der Waals surface area contributed by atoms with E-state index in [-0.39, 0.29) is 29.6 Å². The lowest BCUT2D eigenvalue weighted by molar-refractivity contribution is -0.122. The van der Waals surface area contributed by atoms with Crippen molar-refractivity contribution in [1.29, 1.82) is 0 Å². The predicted octanol–water partition coefficient (Wildman–Crippen LogP) is 2.12. The van der Waals surface area contributed by atoms with E-state index in [1.807, 2.05) is 7.05 Å². The van der Waals surface area contributed by atoms with Gasteiger partial charge in [-0.3, -0.25) is 14.4 Å². The third kappa shape index (κ3) is 4.97. The van der Waals surface area contributed by atoms with Crippen molar-refractivity contribution in [2.24, 2.45) is 7.05 Å². The third-order valence-electron chi connectivity index (χ3n) is 4.81. The second-order valence-electron chi connectivity index (χ2n) is 6.76. The van der Waals surface area contributed by atoms with Crippen LogP contribution in [0.4, 0.5) is 4.39 Å². The molecule has 3 heterocycles. The largest absolute Gasteiger partial charge is 0.483 e. The van der Waals surface area contributed by atoms with E-state index >= 15 is 0 Å². The molecule has 0 saturated carbocycles. The molecule has 0 bridgehead atoms. The number of nitrogens with zero attached hydrogens (tertiary/aromatic N) is 4. The maximum Gasteiger partial charge on any atom is 0.290 e. The number of hydrogen-bond donors (Lipinski definition) is 1. The van der Waals surface area contributed by atoms with Gasteiger partial charge in [0.1, 0.15) is 11.6 Å². The maximum atomic E-state index is 14.1. The molecule has 3 aromatic rings. The monoisotopic (exact) mass is 428 g/mol. The zero-order valence-electron chi connectivity index (χ0n) is 16.8. The molecule has 1 N–H and O–H groups in total. The minimum atomic E-state index is -0.490. The van der Waals surface area contributed by atoms with Gasteiger partial charge in [-0.25, -0.2) is 9.37 Å². The summed E-state index contributed by atoms with van der Waals surface area (Å²) in [5, 5.41) is 6.89. The Morgan fingerprint density at radius 2 is 1.77 bits per heavy atom. The van der Waals surface area contributed by atoms with Gasteiger partial charge in [0, 0.05) is 56.7 Å². The fourth-order valence-electron chi connectivity index (χ4n) is 3.34. The zero-order valence-corrected chi connectivity index (χ0v) is 16.8. The second kappa shape index (κ2) is 9.70. The van der Waals surface area contributed by atoms with Crippen LogP contribution in [-0.4, -0.2) is 68.9 Å². The van der Waals surface area contributed by atoms with Crippen molar-refractivity contribution in [2.75, 3.05) is 26.2 Å². The summed E-state index contributed by atoms with van der Waals surface area (Å²) < 4.78 is 21.0. The number of carbonyl (C=O) groups is 3. The number of amides is 2. The summed E-state index contributed by atoms with van der Waals surface area (Å²) >= 11 is 0. The minimum absolute atomic E-state index is 0.195. The number of benzene rings is 1. The molecule has 0 aliphatic carbocycles. The highest BCUT2D eigenvalue weighted by Gasteiger charge is 2.27. The number of halogens is 1. The summed E-state index contributed by atoms with van der Waals surface area (Å²) in [4.78, 5) is 41.1. The van der Waals surface area contributed by atoms with Crippen LogP contribution in [0.25, 0.3) is 11.4 Å². The van der Waals surface area contributed by atoms with Crippen molar-refractivity contribution in [2.45, 2.75) is 0 Å². The molecule has 1 aliphatic heterocycles. The minimum Gasteiger partial charge on any atom is -0.483 e. The summed E-state index contributed by atoms with van der Waals surface area (Å²) in [5.74, 6) is -0.0810. The first-order chi connectivity index (χ1) is 14.9. The Morgan fingerprint density at radius 1 is 1.13 bits per heavy atom. The van der Waals surface area contributed by atoms with Gasteiger partial charge in [0.2, 0.25) is 0 Å². The number of rotatable bonds is 3. The van der Waals surface area contributed by atoms with Crippen LogP contribution in [-0.2, 0) is 11.8 Å². The van der Waals surface area contributed by atoms with Gasteiger partial charge in [0.15, 0.2) is 5.76 Å². The number of imidazole rings is 1. The molecule has 162 valence electrons. The fourth-order valence-corrected chi connectivity index (χ4v) is 3.34. The first-order valence-corrected chi connectivity index (χ1v) is 9.42. The van der Waals surface area contributed by atoms with E-state index in [1.165, 1.54) is 18.4 Å². The number of aromatic nitrogens is 2. The molecule has 0 atom stereocenters. The number of furan rings is 1. The van der Waals surface area contributed by atoms with Crippen molar-refractivity contribution < 1.29 is 28.3 Å². The average Bonchev–Trinajstić information content (AvgIpc) is 3.45. The molecule has 9 nitrogen and oxygen atoms in total. The lowest BCUT2D eigenvalue weighted by Gasteiger charge is -2.34. The van der Waals surface area contributed by atoms with Crippen LogP contribution in [0, 0.1) is 5.82 Å². The Morgan fingerprint density at radius 3 is 2.32 bits per heavy atom. The normalized spacial score (nSPS) is 13.4. The Balaban J connectivity index is 0.000000858. The molecular formula is C21H21FN4O5. The molecule has 1 aromatic carbocycles.